The molecule has 20 aromatic rings. The Labute approximate surface area is 598 Å². The minimum Gasteiger partial charge on any atom is -0.310 e. The van der Waals surface area contributed by atoms with Crippen molar-refractivity contribution in [2.24, 2.45) is 0 Å². The third-order valence-electron chi connectivity index (χ3n) is 20.5. The zero-order valence-electron chi connectivity index (χ0n) is 55.4. The topological polar surface area (TPSA) is 16.3 Å². The van der Waals surface area contributed by atoms with Gasteiger partial charge in [-0.25, -0.2) is 0 Å². The van der Waals surface area contributed by atoms with Gasteiger partial charge < -0.3 is 18.9 Å². The van der Waals surface area contributed by atoms with Crippen molar-refractivity contribution in [2.75, 3.05) is 9.80 Å². The summed E-state index contributed by atoms with van der Waals surface area (Å²) in [6.45, 7) is 0. The molecule has 6 heteroatoms. The first-order chi connectivity index (χ1) is 50.6. The molecule has 0 saturated carbocycles. The van der Waals surface area contributed by atoms with Crippen LogP contribution in [0, 0.1) is 0 Å². The lowest BCUT2D eigenvalue weighted by Crippen LogP contribution is -2.10. The Bertz CT molecular complexity index is 6590. The normalized spacial score (nSPS) is 11.7. The summed E-state index contributed by atoms with van der Waals surface area (Å²) in [7, 11) is 0. The van der Waals surface area contributed by atoms with Gasteiger partial charge in [0.25, 0.3) is 0 Å². The summed E-state index contributed by atoms with van der Waals surface area (Å²) >= 11 is 3.73. The molecule has 0 aliphatic carbocycles. The molecule has 0 amide bonds. The number of benzene rings is 16. The number of para-hydroxylation sites is 2. The van der Waals surface area contributed by atoms with Gasteiger partial charge >= 0.3 is 0 Å². The molecule has 4 heterocycles. The molecule has 102 heavy (non-hydrogen) atoms. The Morgan fingerprint density at radius 1 is 0.196 bits per heavy atom. The maximum Gasteiger partial charge on any atom is 0.0562 e. The number of hydrogen-bond donors (Lipinski definition) is 0. The monoisotopic (exact) mass is 1330 g/mol. The molecule has 0 atom stereocenters. The number of nitrogens with zero attached hydrogens (tertiary/aromatic N) is 4. The Morgan fingerprint density at radius 2 is 0.588 bits per heavy atom. The smallest absolute Gasteiger partial charge is 0.0562 e. The average molecular weight is 1340 g/mol. The molecule has 20 rings (SSSR count). The molecular weight excluding hydrogens is 1270 g/mol. The van der Waals surface area contributed by atoms with E-state index in [4.69, 9.17) is 0 Å². The highest BCUT2D eigenvalue weighted by Crippen LogP contribution is 2.49. The number of hydrogen-bond acceptors (Lipinski definition) is 4. The molecule has 478 valence electrons. The van der Waals surface area contributed by atoms with Gasteiger partial charge in [-0.2, -0.15) is 0 Å². The predicted molar refractivity (Wildman–Crippen MR) is 437 cm³/mol. The van der Waals surface area contributed by atoms with Crippen LogP contribution in [-0.4, -0.2) is 9.13 Å². The van der Waals surface area contributed by atoms with E-state index >= 15 is 0 Å². The van der Waals surface area contributed by atoms with Crippen LogP contribution in [0.25, 0.3) is 151 Å². The van der Waals surface area contributed by atoms with Crippen LogP contribution in [-0.2, 0) is 0 Å². The van der Waals surface area contributed by atoms with Crippen LogP contribution >= 0.6 is 22.7 Å². The van der Waals surface area contributed by atoms with Crippen molar-refractivity contribution in [2.45, 2.75) is 0 Å². The number of anilines is 6. The maximum absolute atomic E-state index is 2.44. The molecule has 0 bridgehead atoms. The molecule has 0 aliphatic heterocycles. The maximum atomic E-state index is 2.44. The number of fused-ring (bicyclic) bond motifs is 12. The average Bonchev–Trinajstić information content (AvgIpc) is 1.58. The van der Waals surface area contributed by atoms with Gasteiger partial charge in [0.15, 0.2) is 0 Å². The van der Waals surface area contributed by atoms with E-state index in [-0.39, 0.29) is 0 Å². The van der Waals surface area contributed by atoms with Gasteiger partial charge in [-0.05, 0) is 183 Å². The zero-order valence-corrected chi connectivity index (χ0v) is 57.0. The van der Waals surface area contributed by atoms with Gasteiger partial charge in [-0.1, -0.05) is 249 Å². The lowest BCUT2D eigenvalue weighted by molar-refractivity contribution is 1.18. The quantitative estimate of drug-likeness (QED) is 0.114. The highest BCUT2D eigenvalue weighted by atomic mass is 32.1. The highest BCUT2D eigenvalue weighted by Gasteiger charge is 2.24. The van der Waals surface area contributed by atoms with Crippen LogP contribution in [0.5, 0.6) is 0 Å². The van der Waals surface area contributed by atoms with E-state index in [1.807, 2.05) is 22.7 Å². The van der Waals surface area contributed by atoms with Gasteiger partial charge in [0.05, 0.1) is 22.1 Å². The second-order valence-corrected chi connectivity index (χ2v) is 28.5. The van der Waals surface area contributed by atoms with Gasteiger partial charge in [0.2, 0.25) is 0 Å². The Kier molecular flexibility index (Phi) is 14.3. The zero-order chi connectivity index (χ0) is 67.2. The van der Waals surface area contributed by atoms with Crippen molar-refractivity contribution < 1.29 is 0 Å². The summed E-state index contributed by atoms with van der Waals surface area (Å²) < 4.78 is 9.95. The number of aromatic nitrogens is 2. The van der Waals surface area contributed by atoms with Crippen LogP contribution in [0.1, 0.15) is 0 Å². The van der Waals surface area contributed by atoms with Crippen molar-refractivity contribution in [1.82, 2.24) is 9.13 Å². The van der Waals surface area contributed by atoms with E-state index in [1.165, 1.54) is 117 Å². The number of rotatable bonds is 13. The van der Waals surface area contributed by atoms with E-state index < -0.39 is 0 Å². The lowest BCUT2D eigenvalue weighted by atomic mass is 9.97. The van der Waals surface area contributed by atoms with Gasteiger partial charge in [0, 0.05) is 107 Å². The number of thiophene rings is 2. The molecule has 4 nitrogen and oxygen atoms in total. The fraction of sp³-hybridized carbons (Fsp3) is 0. The molecule has 0 N–H and O–H groups in total. The van der Waals surface area contributed by atoms with Gasteiger partial charge in [0.1, 0.15) is 0 Å². The van der Waals surface area contributed by atoms with Crippen LogP contribution < -0.4 is 9.80 Å². The van der Waals surface area contributed by atoms with Crippen molar-refractivity contribution in [3.8, 4) is 67.0 Å². The minimum absolute atomic E-state index is 1.07. The van der Waals surface area contributed by atoms with Gasteiger partial charge in [-0.15, -0.1) is 22.7 Å². The van der Waals surface area contributed by atoms with E-state index in [0.717, 1.165) is 67.7 Å². The molecule has 4 aromatic heterocycles. The van der Waals surface area contributed by atoms with Crippen molar-refractivity contribution in [3.05, 3.63) is 376 Å². The summed E-state index contributed by atoms with van der Waals surface area (Å²) in [6, 6.07) is 139. The molecule has 0 radical (unpaired) electrons. The summed E-state index contributed by atoms with van der Waals surface area (Å²) in [5.74, 6) is 0. The second kappa shape index (κ2) is 24.6. The predicted octanol–water partition coefficient (Wildman–Crippen LogP) is 27.9. The van der Waals surface area contributed by atoms with Gasteiger partial charge in [-0.3, -0.25) is 0 Å². The summed E-state index contributed by atoms with van der Waals surface area (Å²) in [6.07, 6.45) is 0. The fourth-order valence-electron chi connectivity index (χ4n) is 15.8. The third kappa shape index (κ3) is 10.0. The van der Waals surface area contributed by atoms with Crippen LogP contribution in [0.15, 0.2) is 376 Å². The van der Waals surface area contributed by atoms with E-state index in [2.05, 4.69) is 395 Å². The molecule has 0 saturated heterocycles. The van der Waals surface area contributed by atoms with E-state index in [0.29, 0.717) is 0 Å². The van der Waals surface area contributed by atoms with Crippen LogP contribution in [0.3, 0.4) is 0 Å². The SMILES string of the molecule is c1ccc(-c2ccc(N(c3ccc4sc5c(-c6cccc(-c7ccc(N(c8ccc9c(c8)sc8ccccc89)c8ccc9c%10c(-c%11ccccc%11)cccc%10n(-c%10ccccc%10)c9c8)cc7)c6)cccc5c4c3)c3ccc4c5c(-c6ccccc6)cccc5n(-c5ccccc5)c4c3)cc2)cc1. The minimum atomic E-state index is 1.07. The highest BCUT2D eigenvalue weighted by molar-refractivity contribution is 7.26. The molecule has 0 aliphatic rings. The Balaban J connectivity index is 0.687. The molecule has 0 spiro atoms. The van der Waals surface area contributed by atoms with Crippen molar-refractivity contribution in [3.63, 3.8) is 0 Å². The largest absolute Gasteiger partial charge is 0.310 e. The Hall–Kier alpha value is -12.8. The summed E-state index contributed by atoms with van der Waals surface area (Å²) in [5, 5.41) is 9.94. The fourth-order valence-corrected chi connectivity index (χ4v) is 18.2. The first-order valence-corrected chi connectivity index (χ1v) is 36.4. The van der Waals surface area contributed by atoms with Crippen LogP contribution in [0.4, 0.5) is 34.1 Å². The van der Waals surface area contributed by atoms with E-state index in [9.17, 15) is 0 Å². The van der Waals surface area contributed by atoms with Crippen LogP contribution in [0.2, 0.25) is 0 Å². The second-order valence-electron chi connectivity index (χ2n) is 26.3. The first-order valence-electron chi connectivity index (χ1n) is 34.8. The van der Waals surface area contributed by atoms with Crippen molar-refractivity contribution in [1.29, 1.82) is 0 Å². The Morgan fingerprint density at radius 3 is 1.17 bits per heavy atom. The third-order valence-corrected chi connectivity index (χ3v) is 22.8. The molecule has 0 fully saturated rings. The molecule has 0 unspecified atom stereocenters. The van der Waals surface area contributed by atoms with Crippen molar-refractivity contribution >= 4 is 141 Å². The summed E-state index contributed by atoms with van der Waals surface area (Å²) in [5.41, 5.74) is 25.3. The molecule has 16 aromatic carbocycles. The van der Waals surface area contributed by atoms with E-state index in [1.54, 1.807) is 0 Å². The first kappa shape index (κ1) is 59.2. The molecular formula is C96H62N4S2. The summed E-state index contributed by atoms with van der Waals surface area (Å²) in [4.78, 5) is 4.88. The standard InChI is InChI=1S/C96H62N4S2/c1-6-22-63(23-7-1)64-42-46-72(47-43-64)97(75-51-55-84-89(60-75)99(70-30-12-4-13-31-70)87-39-20-35-78(94(84)87)66-24-8-2-9-25-66)74-53-57-92-86(59-74)83-38-19-37-80(96(83)102-92)69-29-18-28-68(58-69)65-44-48-73(49-45-65)98(77-50-54-82-81-34-16-17-41-91(81)101-93(82)62-77)76-52-56-85-90(61-76)100(71-32-14-5-15-33-71)88-40-21-36-79(95(85)88)67-26-10-3-11-27-67/h1-62H. The lowest BCUT2D eigenvalue weighted by Gasteiger charge is -2.26.